The molecule has 0 heterocycles. The molecule has 3 heteroatoms. The molecule has 0 fully saturated rings. The summed E-state index contributed by atoms with van der Waals surface area (Å²) in [6, 6.07) is 6.04. The minimum absolute atomic E-state index is 0.681. The lowest BCUT2D eigenvalue weighted by Crippen LogP contribution is -2.03. The summed E-state index contributed by atoms with van der Waals surface area (Å²) in [7, 11) is 0. The Morgan fingerprint density at radius 3 is 2.86 bits per heavy atom. The third kappa shape index (κ3) is 3.19. The lowest BCUT2D eigenvalue weighted by Gasteiger charge is -2.09. The van der Waals surface area contributed by atoms with Gasteiger partial charge < -0.3 is 5.73 Å². The van der Waals surface area contributed by atoms with E-state index in [0.717, 1.165) is 23.6 Å². The molecular weight excluding hydrogens is 214 g/mol. The third-order valence-electron chi connectivity index (χ3n) is 1.91. The van der Waals surface area contributed by atoms with E-state index in [4.69, 9.17) is 17.3 Å². The van der Waals surface area contributed by atoms with Crippen molar-refractivity contribution in [1.29, 1.82) is 0 Å². The van der Waals surface area contributed by atoms with E-state index in [1.165, 1.54) is 10.5 Å². The average molecular weight is 230 g/mol. The monoisotopic (exact) mass is 229 g/mol. The zero-order chi connectivity index (χ0) is 10.4. The first-order chi connectivity index (χ1) is 6.79. The molecule has 1 rings (SSSR count). The molecule has 1 aromatic carbocycles. The number of thioether (sulfide) groups is 1. The van der Waals surface area contributed by atoms with Crippen LogP contribution in [0.5, 0.6) is 0 Å². The lowest BCUT2D eigenvalue weighted by atomic mass is 10.1. The first-order valence-corrected chi connectivity index (χ1v) is 6.26. The van der Waals surface area contributed by atoms with Gasteiger partial charge in [-0.1, -0.05) is 30.7 Å². The molecule has 0 unspecified atom stereocenters. The summed E-state index contributed by atoms with van der Waals surface area (Å²) in [6.07, 6.45) is 2.07. The van der Waals surface area contributed by atoms with Gasteiger partial charge in [-0.2, -0.15) is 0 Å². The van der Waals surface area contributed by atoms with E-state index in [0.29, 0.717) is 6.54 Å². The van der Waals surface area contributed by atoms with Crippen molar-refractivity contribution in [3.05, 3.63) is 28.8 Å². The molecule has 0 saturated heterocycles. The Morgan fingerprint density at radius 2 is 2.21 bits per heavy atom. The van der Waals surface area contributed by atoms with Gasteiger partial charge in [0.2, 0.25) is 0 Å². The van der Waals surface area contributed by atoms with E-state index in [2.05, 4.69) is 13.0 Å². The van der Waals surface area contributed by atoms with E-state index in [-0.39, 0.29) is 0 Å². The van der Waals surface area contributed by atoms with Gasteiger partial charge in [-0.05, 0) is 36.8 Å². The Labute approximate surface area is 95.0 Å². The van der Waals surface area contributed by atoms with Gasteiger partial charge in [0, 0.05) is 4.90 Å². The summed E-state index contributed by atoms with van der Waals surface area (Å²) in [5.74, 6) is 1.11. The summed E-state index contributed by atoms with van der Waals surface area (Å²) in [4.78, 5) is 1.21. The second-order valence-electron chi connectivity index (χ2n) is 3.12. The van der Waals surface area contributed by atoms with Crippen LogP contribution in [-0.2, 0) is 6.42 Å². The average Bonchev–Trinajstić information content (AvgIpc) is 2.18. The van der Waals surface area contributed by atoms with Crippen LogP contribution in [0.3, 0.4) is 0 Å². The summed E-state index contributed by atoms with van der Waals surface area (Å²) in [5, 5.41) is 0.856. The molecule has 0 aliphatic carbocycles. The van der Waals surface area contributed by atoms with Crippen molar-refractivity contribution in [2.24, 2.45) is 5.73 Å². The lowest BCUT2D eigenvalue weighted by molar-refractivity contribution is 0.944. The molecule has 0 amide bonds. The largest absolute Gasteiger partial charge is 0.330 e. The number of benzene rings is 1. The minimum Gasteiger partial charge on any atom is -0.330 e. The van der Waals surface area contributed by atoms with Gasteiger partial charge in [0.25, 0.3) is 0 Å². The highest BCUT2D eigenvalue weighted by Gasteiger charge is 2.05. The second-order valence-corrected chi connectivity index (χ2v) is 4.63. The number of rotatable bonds is 5. The highest BCUT2D eigenvalue weighted by molar-refractivity contribution is 7.99. The molecule has 0 aliphatic heterocycles. The molecule has 0 aromatic heterocycles. The Balaban J connectivity index is 2.84. The molecule has 0 bridgehead atoms. The summed E-state index contributed by atoms with van der Waals surface area (Å²) in [5.41, 5.74) is 6.83. The van der Waals surface area contributed by atoms with Crippen LogP contribution < -0.4 is 5.73 Å². The van der Waals surface area contributed by atoms with Gasteiger partial charge in [-0.15, -0.1) is 11.8 Å². The van der Waals surface area contributed by atoms with Crippen LogP contribution in [0, 0.1) is 0 Å². The summed E-state index contributed by atoms with van der Waals surface area (Å²) >= 11 is 7.97. The number of hydrogen-bond acceptors (Lipinski definition) is 2. The van der Waals surface area contributed by atoms with Crippen LogP contribution in [0.2, 0.25) is 5.02 Å². The maximum absolute atomic E-state index is 6.14. The number of hydrogen-bond donors (Lipinski definition) is 1. The van der Waals surface area contributed by atoms with Gasteiger partial charge in [-0.25, -0.2) is 0 Å². The molecule has 1 nitrogen and oxygen atoms in total. The van der Waals surface area contributed by atoms with Crippen LogP contribution in [0.1, 0.15) is 18.9 Å². The normalized spacial score (nSPS) is 10.5. The Morgan fingerprint density at radius 1 is 1.43 bits per heavy atom. The van der Waals surface area contributed by atoms with Crippen LogP contribution in [0.25, 0.3) is 0 Å². The van der Waals surface area contributed by atoms with Crippen molar-refractivity contribution in [1.82, 2.24) is 0 Å². The number of halogens is 1. The van der Waals surface area contributed by atoms with Crippen LogP contribution in [0.15, 0.2) is 23.1 Å². The third-order valence-corrected chi connectivity index (χ3v) is 3.72. The molecule has 0 aliphatic rings. The molecule has 78 valence electrons. The molecule has 0 atom stereocenters. The molecule has 1 aromatic rings. The van der Waals surface area contributed by atoms with Gasteiger partial charge in [0.05, 0.1) is 5.02 Å². The molecular formula is C11H16ClNS. The quantitative estimate of drug-likeness (QED) is 0.784. The fourth-order valence-electron chi connectivity index (χ4n) is 1.27. The van der Waals surface area contributed by atoms with Crippen molar-refractivity contribution in [3.8, 4) is 0 Å². The zero-order valence-corrected chi connectivity index (χ0v) is 10.00. The predicted octanol–water partition coefficient (Wildman–Crippen LogP) is 3.34. The van der Waals surface area contributed by atoms with Crippen LogP contribution in [-0.4, -0.2) is 12.3 Å². The molecule has 0 radical (unpaired) electrons. The van der Waals surface area contributed by atoms with Crippen LogP contribution >= 0.6 is 23.4 Å². The predicted molar refractivity (Wildman–Crippen MR) is 65.2 cm³/mol. The smallest absolute Gasteiger partial charge is 0.0544 e. The fraction of sp³-hybridized carbons (Fsp3) is 0.455. The highest BCUT2D eigenvalue weighted by Crippen LogP contribution is 2.31. The van der Waals surface area contributed by atoms with Gasteiger partial charge in [0.1, 0.15) is 0 Å². The van der Waals surface area contributed by atoms with Crippen molar-refractivity contribution in [3.63, 3.8) is 0 Å². The minimum atomic E-state index is 0.681. The van der Waals surface area contributed by atoms with Crippen LogP contribution in [0.4, 0.5) is 0 Å². The van der Waals surface area contributed by atoms with Gasteiger partial charge >= 0.3 is 0 Å². The van der Waals surface area contributed by atoms with Gasteiger partial charge in [0.15, 0.2) is 0 Å². The zero-order valence-electron chi connectivity index (χ0n) is 8.42. The van der Waals surface area contributed by atoms with Crippen molar-refractivity contribution >= 4 is 23.4 Å². The maximum atomic E-state index is 6.14. The summed E-state index contributed by atoms with van der Waals surface area (Å²) < 4.78 is 0. The second kappa shape index (κ2) is 6.33. The Bertz CT molecular complexity index is 289. The van der Waals surface area contributed by atoms with Crippen molar-refractivity contribution < 1.29 is 0 Å². The first-order valence-electron chi connectivity index (χ1n) is 4.89. The molecule has 14 heavy (non-hydrogen) atoms. The molecule has 2 N–H and O–H groups in total. The van der Waals surface area contributed by atoms with Gasteiger partial charge in [-0.3, -0.25) is 0 Å². The molecule has 0 spiro atoms. The van der Waals surface area contributed by atoms with E-state index in [1.807, 2.05) is 23.9 Å². The van der Waals surface area contributed by atoms with Crippen molar-refractivity contribution in [2.45, 2.75) is 24.7 Å². The summed E-state index contributed by atoms with van der Waals surface area (Å²) in [6.45, 7) is 2.85. The SMILES string of the molecule is CCCSc1c(Cl)cccc1CCN. The Kier molecular flexibility index (Phi) is 5.38. The number of nitrogens with two attached hydrogens (primary N) is 1. The van der Waals surface area contributed by atoms with E-state index in [1.54, 1.807) is 0 Å². The first kappa shape index (κ1) is 11.9. The van der Waals surface area contributed by atoms with E-state index < -0.39 is 0 Å². The molecule has 0 saturated carbocycles. The standard InChI is InChI=1S/C11H16ClNS/c1-2-8-14-11-9(6-7-13)4-3-5-10(11)12/h3-5H,2,6-8,13H2,1H3. The van der Waals surface area contributed by atoms with E-state index in [9.17, 15) is 0 Å². The maximum Gasteiger partial charge on any atom is 0.0544 e. The van der Waals surface area contributed by atoms with E-state index >= 15 is 0 Å². The Hall–Kier alpha value is -0.180. The topological polar surface area (TPSA) is 26.0 Å². The van der Waals surface area contributed by atoms with Crippen molar-refractivity contribution in [2.75, 3.05) is 12.3 Å². The fourth-order valence-corrected chi connectivity index (χ4v) is 2.60. The highest BCUT2D eigenvalue weighted by atomic mass is 35.5.